The molecule has 0 unspecified atom stereocenters. The summed E-state index contributed by atoms with van der Waals surface area (Å²) < 4.78 is 0. The average Bonchev–Trinajstić information content (AvgIpc) is 1.85. The highest BCUT2D eigenvalue weighted by Gasteiger charge is 2.28. The number of hydrogen-bond acceptors (Lipinski definition) is 4. The zero-order valence-electron chi connectivity index (χ0n) is 5.13. The largest absolute Gasteiger partial charge is 0.328 e. The number of hydrogen-bond donors (Lipinski definition) is 2. The first kappa shape index (κ1) is 7.17. The number of imide groups is 2. The topological polar surface area (TPSA) is 92.3 Å². The van der Waals surface area contributed by atoms with Gasteiger partial charge in [-0.15, -0.1) is 0 Å². The summed E-state index contributed by atoms with van der Waals surface area (Å²) >= 11 is 0. The summed E-state index contributed by atoms with van der Waals surface area (Å²) in [6.07, 6.45) is 0. The summed E-state index contributed by atoms with van der Waals surface area (Å²) in [5.74, 6) is -0.925. The number of rotatable bonds is 0. The van der Waals surface area contributed by atoms with Crippen molar-refractivity contribution in [3.63, 3.8) is 0 Å². The number of nitrogens with one attached hydrogen (secondary N) is 2. The van der Waals surface area contributed by atoms with E-state index in [4.69, 9.17) is 0 Å². The molecule has 1 heterocycles. The molecule has 0 saturated carbocycles. The van der Waals surface area contributed by atoms with Gasteiger partial charge >= 0.3 is 6.03 Å². The molecule has 1 aliphatic heterocycles. The second-order valence-corrected chi connectivity index (χ2v) is 1.71. The Bertz CT molecular complexity index is 278. The fourth-order valence-electron chi connectivity index (χ4n) is 0.558. The third-order valence-electron chi connectivity index (χ3n) is 1.01. The predicted octanol–water partition coefficient (Wildman–Crippen LogP) is -1.89. The standard InChI is InChI=1S/C5H2N2O4/c8-1-2-3(9)6-5(11)7-4(2)10/h(H2,6,7,9,10,11). The molecule has 0 bridgehead atoms. The van der Waals surface area contributed by atoms with E-state index in [2.05, 4.69) is 0 Å². The van der Waals surface area contributed by atoms with E-state index in [0.29, 0.717) is 0 Å². The lowest BCUT2D eigenvalue weighted by Crippen LogP contribution is -2.51. The van der Waals surface area contributed by atoms with Crippen LogP contribution >= 0.6 is 0 Å². The molecule has 6 heteroatoms. The van der Waals surface area contributed by atoms with Crippen LogP contribution in [0.25, 0.3) is 0 Å². The minimum absolute atomic E-state index is 0.718. The SMILES string of the molecule is O=C=C1C(=O)NC(=O)NC1=O. The van der Waals surface area contributed by atoms with Gasteiger partial charge in [0.25, 0.3) is 11.8 Å². The molecule has 0 aliphatic carbocycles. The van der Waals surface area contributed by atoms with Crippen molar-refractivity contribution >= 4 is 23.8 Å². The second-order valence-electron chi connectivity index (χ2n) is 1.71. The lowest BCUT2D eigenvalue weighted by atomic mass is 10.2. The van der Waals surface area contributed by atoms with E-state index in [-0.39, 0.29) is 0 Å². The summed E-state index contributed by atoms with van der Waals surface area (Å²) in [6.45, 7) is 0. The highest BCUT2D eigenvalue weighted by molar-refractivity contribution is 6.32. The number of carbonyl (C=O) groups excluding carboxylic acids is 4. The van der Waals surface area contributed by atoms with Crippen LogP contribution in [0.3, 0.4) is 0 Å². The molecule has 6 nitrogen and oxygen atoms in total. The Kier molecular flexibility index (Phi) is 1.54. The molecule has 4 amide bonds. The molecule has 1 fully saturated rings. The van der Waals surface area contributed by atoms with E-state index in [1.165, 1.54) is 0 Å². The molecule has 2 N–H and O–H groups in total. The van der Waals surface area contributed by atoms with Crippen molar-refractivity contribution in [2.45, 2.75) is 0 Å². The van der Waals surface area contributed by atoms with Gasteiger partial charge in [0.05, 0.1) is 0 Å². The summed E-state index contributed by atoms with van der Waals surface area (Å²) in [5.41, 5.74) is -0.718. The van der Waals surface area contributed by atoms with E-state index >= 15 is 0 Å². The van der Waals surface area contributed by atoms with Crippen LogP contribution in [0.1, 0.15) is 0 Å². The van der Waals surface area contributed by atoms with Crippen LogP contribution in [0.4, 0.5) is 4.79 Å². The minimum Gasteiger partial charge on any atom is -0.273 e. The Hall–Kier alpha value is -1.94. The van der Waals surface area contributed by atoms with Crippen LogP contribution in [0.2, 0.25) is 0 Å². The van der Waals surface area contributed by atoms with E-state index < -0.39 is 23.4 Å². The summed E-state index contributed by atoms with van der Waals surface area (Å²) in [6, 6.07) is -0.931. The third-order valence-corrected chi connectivity index (χ3v) is 1.01. The first-order valence-electron chi connectivity index (χ1n) is 2.57. The minimum atomic E-state index is -1.02. The summed E-state index contributed by atoms with van der Waals surface area (Å²) in [7, 11) is 0. The number of amides is 4. The van der Waals surface area contributed by atoms with Crippen molar-refractivity contribution in [2.75, 3.05) is 0 Å². The molecular weight excluding hydrogens is 152 g/mol. The molecule has 1 aliphatic rings. The molecule has 1 rings (SSSR count). The molecule has 56 valence electrons. The molecule has 0 spiro atoms. The number of barbiturate groups is 1. The second kappa shape index (κ2) is 2.36. The number of urea groups is 1. The number of carbonyl (C=O) groups is 3. The van der Waals surface area contributed by atoms with Gasteiger partial charge in [0, 0.05) is 0 Å². The van der Waals surface area contributed by atoms with Crippen LogP contribution in [-0.2, 0) is 14.4 Å². The van der Waals surface area contributed by atoms with Gasteiger partial charge in [0.15, 0.2) is 5.57 Å². The van der Waals surface area contributed by atoms with Crippen molar-refractivity contribution in [3.05, 3.63) is 5.57 Å². The Labute approximate surface area is 60.2 Å². The van der Waals surface area contributed by atoms with Crippen molar-refractivity contribution in [2.24, 2.45) is 0 Å². The van der Waals surface area contributed by atoms with Crippen LogP contribution in [0.15, 0.2) is 5.57 Å². The molecule has 1 saturated heterocycles. The maximum absolute atomic E-state index is 10.6. The van der Waals surface area contributed by atoms with Crippen molar-refractivity contribution in [3.8, 4) is 0 Å². The quantitative estimate of drug-likeness (QED) is 0.242. The van der Waals surface area contributed by atoms with Gasteiger partial charge < -0.3 is 0 Å². The highest BCUT2D eigenvalue weighted by atomic mass is 16.2. The molecule has 0 aromatic heterocycles. The van der Waals surface area contributed by atoms with Crippen LogP contribution in [0, 0.1) is 0 Å². The summed E-state index contributed by atoms with van der Waals surface area (Å²) in [5, 5.41) is 3.40. The van der Waals surface area contributed by atoms with E-state index in [1.54, 1.807) is 10.6 Å². The van der Waals surface area contributed by atoms with Crippen molar-refractivity contribution in [1.29, 1.82) is 0 Å². The Balaban J connectivity index is 3.02. The fraction of sp³-hybridized carbons (Fsp3) is 0. The zero-order valence-corrected chi connectivity index (χ0v) is 5.13. The van der Waals surface area contributed by atoms with Gasteiger partial charge in [-0.3, -0.25) is 20.2 Å². The van der Waals surface area contributed by atoms with Crippen molar-refractivity contribution in [1.82, 2.24) is 10.6 Å². The Morgan fingerprint density at radius 1 is 1.00 bits per heavy atom. The van der Waals surface area contributed by atoms with E-state index in [9.17, 15) is 19.2 Å². The van der Waals surface area contributed by atoms with E-state index in [1.807, 2.05) is 0 Å². The molecule has 0 atom stereocenters. The average molecular weight is 154 g/mol. The fourth-order valence-corrected chi connectivity index (χ4v) is 0.558. The van der Waals surface area contributed by atoms with Gasteiger partial charge in [-0.2, -0.15) is 0 Å². The van der Waals surface area contributed by atoms with Crippen LogP contribution < -0.4 is 10.6 Å². The van der Waals surface area contributed by atoms with E-state index in [0.717, 1.165) is 5.94 Å². The first-order chi connectivity index (χ1) is 5.15. The smallest absolute Gasteiger partial charge is 0.273 e. The van der Waals surface area contributed by atoms with Gasteiger partial charge in [0.1, 0.15) is 5.94 Å². The van der Waals surface area contributed by atoms with Gasteiger partial charge in [-0.05, 0) is 0 Å². The van der Waals surface area contributed by atoms with Gasteiger partial charge in [-0.1, -0.05) is 0 Å². The molecule has 0 aromatic carbocycles. The first-order valence-corrected chi connectivity index (χ1v) is 2.57. The third kappa shape index (κ3) is 1.15. The lowest BCUT2D eigenvalue weighted by Gasteiger charge is -2.10. The maximum Gasteiger partial charge on any atom is 0.328 e. The monoisotopic (exact) mass is 154 g/mol. The maximum atomic E-state index is 10.6. The van der Waals surface area contributed by atoms with Crippen LogP contribution in [0.5, 0.6) is 0 Å². The molecule has 0 aromatic rings. The molecule has 0 radical (unpaired) electrons. The molecular formula is C5H2N2O4. The van der Waals surface area contributed by atoms with Crippen LogP contribution in [-0.4, -0.2) is 23.8 Å². The van der Waals surface area contributed by atoms with Gasteiger partial charge in [0.2, 0.25) is 0 Å². The summed E-state index contributed by atoms with van der Waals surface area (Å²) in [4.78, 5) is 41.3. The van der Waals surface area contributed by atoms with Gasteiger partial charge in [-0.25, -0.2) is 9.59 Å². The Morgan fingerprint density at radius 2 is 1.45 bits per heavy atom. The highest BCUT2D eigenvalue weighted by Crippen LogP contribution is 1.93. The zero-order chi connectivity index (χ0) is 8.43. The molecule has 11 heavy (non-hydrogen) atoms. The predicted molar refractivity (Wildman–Crippen MR) is 30.9 cm³/mol. The normalized spacial score (nSPS) is 17.1. The lowest BCUT2D eigenvalue weighted by molar-refractivity contribution is -0.123. The van der Waals surface area contributed by atoms with Crippen molar-refractivity contribution < 1.29 is 19.2 Å². The Morgan fingerprint density at radius 3 is 1.82 bits per heavy atom.